The van der Waals surface area contributed by atoms with E-state index in [0.29, 0.717) is 31.2 Å². The molecule has 0 bridgehead atoms. The normalized spacial score (nSPS) is 17.5. The second-order valence-corrected chi connectivity index (χ2v) is 8.91. The van der Waals surface area contributed by atoms with Crippen molar-refractivity contribution in [3.8, 4) is 17.2 Å². The fourth-order valence-corrected chi connectivity index (χ4v) is 4.42. The Kier molecular flexibility index (Phi) is 5.26. The van der Waals surface area contributed by atoms with Gasteiger partial charge in [-0.25, -0.2) is 4.98 Å². The van der Waals surface area contributed by atoms with Gasteiger partial charge in [0.15, 0.2) is 11.5 Å². The van der Waals surface area contributed by atoms with Crippen LogP contribution in [0.4, 0.5) is 0 Å². The number of carbonyl (C=O) groups excluding carboxylic acids is 1. The van der Waals surface area contributed by atoms with Crippen molar-refractivity contribution in [2.24, 2.45) is 0 Å². The molecule has 4 rings (SSSR count). The number of amides is 1. The van der Waals surface area contributed by atoms with E-state index in [2.05, 4.69) is 4.57 Å². The van der Waals surface area contributed by atoms with Gasteiger partial charge in [-0.1, -0.05) is 0 Å². The maximum atomic E-state index is 13.5. The first-order chi connectivity index (χ1) is 14.2. The molecule has 0 atom stereocenters. The first-order valence-electron chi connectivity index (χ1n) is 10.6. The van der Waals surface area contributed by atoms with E-state index in [1.54, 1.807) is 7.11 Å². The third-order valence-electron chi connectivity index (χ3n) is 5.83. The van der Waals surface area contributed by atoms with Gasteiger partial charge in [-0.3, -0.25) is 9.36 Å². The maximum Gasteiger partial charge on any atom is 0.274 e. The molecule has 1 aromatic carbocycles. The number of hydrogen-bond donors (Lipinski definition) is 0. The number of nitrogens with zero attached hydrogens (tertiary/aromatic N) is 3. The lowest BCUT2D eigenvalue weighted by Gasteiger charge is -2.41. The summed E-state index contributed by atoms with van der Waals surface area (Å²) in [7, 11) is 1.66. The molecule has 1 amide bonds. The van der Waals surface area contributed by atoms with E-state index in [4.69, 9.17) is 19.2 Å². The van der Waals surface area contributed by atoms with E-state index >= 15 is 0 Å². The number of methoxy groups -OCH3 is 1. The zero-order chi connectivity index (χ0) is 21.6. The first-order valence-corrected chi connectivity index (χ1v) is 10.6. The molecule has 0 saturated carbocycles. The number of morpholine rings is 1. The van der Waals surface area contributed by atoms with Gasteiger partial charge in [0.2, 0.25) is 0 Å². The van der Waals surface area contributed by atoms with Crippen molar-refractivity contribution in [3.63, 3.8) is 0 Å². The van der Waals surface area contributed by atoms with E-state index in [9.17, 15) is 4.79 Å². The molecule has 1 fully saturated rings. The summed E-state index contributed by atoms with van der Waals surface area (Å²) in [6.07, 6.45) is 1.61. The van der Waals surface area contributed by atoms with Crippen LogP contribution in [0.25, 0.3) is 5.69 Å². The number of aryl methyl sites for hydroxylation is 2. The van der Waals surface area contributed by atoms with Gasteiger partial charge >= 0.3 is 0 Å². The van der Waals surface area contributed by atoms with E-state index in [0.717, 1.165) is 35.8 Å². The van der Waals surface area contributed by atoms with E-state index in [1.165, 1.54) is 5.56 Å². The average molecular weight is 414 g/mol. The van der Waals surface area contributed by atoms with Gasteiger partial charge in [-0.15, -0.1) is 0 Å². The molecule has 7 nitrogen and oxygen atoms in total. The zero-order valence-corrected chi connectivity index (χ0v) is 18.7. The molecular formula is C23H31N3O4. The summed E-state index contributed by atoms with van der Waals surface area (Å²) in [6, 6.07) is 4.06. The molecule has 2 aromatic rings. The minimum atomic E-state index is -0.349. The molecule has 0 aliphatic carbocycles. The van der Waals surface area contributed by atoms with Gasteiger partial charge in [-0.05, 0) is 59.1 Å². The van der Waals surface area contributed by atoms with Crippen LogP contribution in [-0.4, -0.2) is 58.9 Å². The number of hydrogen-bond acceptors (Lipinski definition) is 5. The number of rotatable bonds is 4. The molecule has 3 heterocycles. The largest absolute Gasteiger partial charge is 0.493 e. The lowest BCUT2D eigenvalue weighted by Crippen LogP contribution is -2.55. The van der Waals surface area contributed by atoms with Crippen molar-refractivity contribution in [1.82, 2.24) is 14.5 Å². The van der Waals surface area contributed by atoms with E-state index in [1.807, 2.05) is 51.7 Å². The predicted octanol–water partition coefficient (Wildman–Crippen LogP) is 3.33. The second kappa shape index (κ2) is 7.61. The molecule has 30 heavy (non-hydrogen) atoms. The van der Waals surface area contributed by atoms with Crippen LogP contribution in [0, 0.1) is 6.92 Å². The van der Waals surface area contributed by atoms with Crippen molar-refractivity contribution < 1.29 is 19.0 Å². The zero-order valence-electron chi connectivity index (χ0n) is 18.7. The lowest BCUT2D eigenvalue weighted by molar-refractivity contribution is -0.0373. The van der Waals surface area contributed by atoms with Crippen molar-refractivity contribution in [3.05, 3.63) is 34.9 Å². The van der Waals surface area contributed by atoms with Crippen molar-refractivity contribution in [2.75, 3.05) is 26.9 Å². The van der Waals surface area contributed by atoms with E-state index < -0.39 is 0 Å². The molecule has 162 valence electrons. The van der Waals surface area contributed by atoms with Crippen LogP contribution in [0.5, 0.6) is 11.5 Å². The Morgan fingerprint density at radius 3 is 2.67 bits per heavy atom. The highest BCUT2D eigenvalue weighted by molar-refractivity contribution is 5.94. The first kappa shape index (κ1) is 20.7. The molecule has 0 N–H and O–H groups in total. The third-order valence-corrected chi connectivity index (χ3v) is 5.83. The molecule has 1 aromatic heterocycles. The van der Waals surface area contributed by atoms with Gasteiger partial charge in [0.05, 0.1) is 43.3 Å². The quantitative estimate of drug-likeness (QED) is 0.769. The summed E-state index contributed by atoms with van der Waals surface area (Å²) in [5.74, 6) is 2.22. The van der Waals surface area contributed by atoms with Crippen molar-refractivity contribution in [1.29, 1.82) is 0 Å². The van der Waals surface area contributed by atoms with Gasteiger partial charge in [0.1, 0.15) is 11.5 Å². The number of imidazole rings is 1. The van der Waals surface area contributed by atoms with Crippen LogP contribution in [0.1, 0.15) is 55.3 Å². The summed E-state index contributed by atoms with van der Waals surface area (Å²) < 4.78 is 19.2. The molecule has 0 radical (unpaired) electrons. The standard InChI is InChI=1S/C23H31N3O4/c1-14(2)30-20-12-18-16(11-19(20)28-6)7-8-17-21(24-15(3)26(17)18)22(27)25-9-10-29-13-23(25,4)5/h11-12,14H,7-10,13H2,1-6H3. The summed E-state index contributed by atoms with van der Waals surface area (Å²) in [6.45, 7) is 11.7. The number of benzene rings is 1. The highest BCUT2D eigenvalue weighted by atomic mass is 16.5. The summed E-state index contributed by atoms with van der Waals surface area (Å²) in [5.41, 5.74) is 3.35. The Hall–Kier alpha value is -2.54. The number of carbonyl (C=O) groups is 1. The molecule has 0 spiro atoms. The third kappa shape index (κ3) is 3.45. The van der Waals surface area contributed by atoms with Crippen LogP contribution in [-0.2, 0) is 17.6 Å². The predicted molar refractivity (Wildman–Crippen MR) is 114 cm³/mol. The molecule has 1 saturated heterocycles. The Bertz CT molecular complexity index is 977. The number of aromatic nitrogens is 2. The number of fused-ring (bicyclic) bond motifs is 3. The average Bonchev–Trinajstić information content (AvgIpc) is 3.03. The van der Waals surface area contributed by atoms with Crippen LogP contribution in [0.15, 0.2) is 12.1 Å². The fourth-order valence-electron chi connectivity index (χ4n) is 4.42. The maximum absolute atomic E-state index is 13.5. The SMILES string of the molecule is COc1cc2c(cc1OC(C)C)-n1c(C)nc(C(=O)N3CCOCC3(C)C)c1CC2. The molecule has 0 unspecified atom stereocenters. The monoisotopic (exact) mass is 413 g/mol. The Balaban J connectivity index is 1.78. The van der Waals surface area contributed by atoms with Crippen LogP contribution < -0.4 is 9.47 Å². The van der Waals surface area contributed by atoms with Gasteiger partial charge in [0.25, 0.3) is 5.91 Å². The highest BCUT2D eigenvalue weighted by Gasteiger charge is 2.38. The Morgan fingerprint density at radius 1 is 1.23 bits per heavy atom. The van der Waals surface area contributed by atoms with Gasteiger partial charge in [0, 0.05) is 12.6 Å². The van der Waals surface area contributed by atoms with Crippen molar-refractivity contribution in [2.45, 2.75) is 59.1 Å². The Labute approximate surface area is 177 Å². The molecular weight excluding hydrogens is 382 g/mol. The highest BCUT2D eigenvalue weighted by Crippen LogP contribution is 2.38. The van der Waals surface area contributed by atoms with Crippen molar-refractivity contribution >= 4 is 5.91 Å². The topological polar surface area (TPSA) is 65.8 Å². The molecule has 2 aliphatic rings. The molecule has 2 aliphatic heterocycles. The van der Waals surface area contributed by atoms with Crippen LogP contribution in [0.2, 0.25) is 0 Å². The summed E-state index contributed by atoms with van der Waals surface area (Å²) in [5, 5.41) is 0. The molecule has 7 heteroatoms. The second-order valence-electron chi connectivity index (χ2n) is 8.91. The van der Waals surface area contributed by atoms with Gasteiger partial charge in [-0.2, -0.15) is 0 Å². The van der Waals surface area contributed by atoms with Crippen LogP contribution >= 0.6 is 0 Å². The number of ether oxygens (including phenoxy) is 3. The minimum absolute atomic E-state index is 0.0178. The van der Waals surface area contributed by atoms with E-state index in [-0.39, 0.29) is 17.6 Å². The smallest absolute Gasteiger partial charge is 0.274 e. The lowest BCUT2D eigenvalue weighted by atomic mass is 9.98. The minimum Gasteiger partial charge on any atom is -0.493 e. The summed E-state index contributed by atoms with van der Waals surface area (Å²) >= 11 is 0. The Morgan fingerprint density at radius 2 is 2.00 bits per heavy atom. The summed E-state index contributed by atoms with van der Waals surface area (Å²) in [4.78, 5) is 20.1. The van der Waals surface area contributed by atoms with Crippen LogP contribution in [0.3, 0.4) is 0 Å². The van der Waals surface area contributed by atoms with Gasteiger partial charge < -0.3 is 19.1 Å². The fraction of sp³-hybridized carbons (Fsp3) is 0.565.